The first-order chi connectivity index (χ1) is 4.75. The molecule has 2 heteroatoms. The minimum atomic E-state index is 0.995. The zero-order chi connectivity index (χ0) is 7.56. The summed E-state index contributed by atoms with van der Waals surface area (Å²) in [7, 11) is 0. The Hall–Kier alpha value is -0.0800. The number of hydrogen-bond acceptors (Lipinski definition) is 0. The van der Waals surface area contributed by atoms with Gasteiger partial charge >= 0.3 is 0 Å². The summed E-state index contributed by atoms with van der Waals surface area (Å²) in [6, 6.07) is 5.83. The molecule has 0 aliphatic heterocycles. The van der Waals surface area contributed by atoms with Gasteiger partial charge in [-0.25, -0.2) is 0 Å². The SMILES string of the molecule is [CH]=Cc1cccc(Br)c1Br. The molecule has 0 aliphatic carbocycles. The van der Waals surface area contributed by atoms with Crippen LogP contribution in [0.3, 0.4) is 0 Å². The van der Waals surface area contributed by atoms with Crippen LogP contribution >= 0.6 is 31.9 Å². The van der Waals surface area contributed by atoms with Gasteiger partial charge < -0.3 is 0 Å². The highest BCUT2D eigenvalue weighted by atomic mass is 79.9. The van der Waals surface area contributed by atoms with E-state index in [2.05, 4.69) is 31.9 Å². The van der Waals surface area contributed by atoms with Gasteiger partial charge in [0.2, 0.25) is 0 Å². The number of rotatable bonds is 1. The summed E-state index contributed by atoms with van der Waals surface area (Å²) < 4.78 is 2.02. The van der Waals surface area contributed by atoms with Crippen LogP contribution in [0.4, 0.5) is 0 Å². The van der Waals surface area contributed by atoms with Crippen molar-refractivity contribution < 1.29 is 0 Å². The van der Waals surface area contributed by atoms with Crippen molar-refractivity contribution in [2.24, 2.45) is 0 Å². The molecule has 0 unspecified atom stereocenters. The van der Waals surface area contributed by atoms with Gasteiger partial charge in [0.05, 0.1) is 0 Å². The molecule has 0 saturated carbocycles. The Morgan fingerprint density at radius 3 is 2.50 bits per heavy atom. The maximum absolute atomic E-state index is 5.34. The first kappa shape index (κ1) is 8.02. The first-order valence-electron chi connectivity index (χ1n) is 2.74. The van der Waals surface area contributed by atoms with E-state index in [0.29, 0.717) is 0 Å². The monoisotopic (exact) mass is 259 g/mol. The minimum Gasteiger partial charge on any atom is -0.0616 e. The van der Waals surface area contributed by atoms with E-state index in [1.54, 1.807) is 6.08 Å². The molecular weight excluding hydrogens is 256 g/mol. The third-order valence-electron chi connectivity index (χ3n) is 1.16. The molecule has 1 aromatic carbocycles. The van der Waals surface area contributed by atoms with E-state index in [1.807, 2.05) is 18.2 Å². The Kier molecular flexibility index (Phi) is 2.69. The third-order valence-corrected chi connectivity index (χ3v) is 3.24. The van der Waals surface area contributed by atoms with Gasteiger partial charge in [-0.05, 0) is 43.5 Å². The van der Waals surface area contributed by atoms with Crippen LogP contribution in [0, 0.1) is 6.58 Å². The largest absolute Gasteiger partial charge is 0.0616 e. The lowest BCUT2D eigenvalue weighted by Crippen LogP contribution is -1.74. The molecule has 0 saturated heterocycles. The number of halogens is 2. The molecule has 10 heavy (non-hydrogen) atoms. The lowest BCUT2D eigenvalue weighted by molar-refractivity contribution is 1.55. The molecule has 0 fully saturated rings. The molecule has 0 spiro atoms. The Balaban J connectivity index is 3.27. The summed E-state index contributed by atoms with van der Waals surface area (Å²) in [6.07, 6.45) is 1.56. The Morgan fingerprint density at radius 1 is 1.30 bits per heavy atom. The Labute approximate surface area is 77.2 Å². The highest BCUT2D eigenvalue weighted by molar-refractivity contribution is 9.13. The minimum absolute atomic E-state index is 0.995. The van der Waals surface area contributed by atoms with Crippen LogP contribution in [-0.4, -0.2) is 0 Å². The van der Waals surface area contributed by atoms with Gasteiger partial charge in [0.1, 0.15) is 0 Å². The second kappa shape index (κ2) is 3.35. The average Bonchev–Trinajstić information content (AvgIpc) is 1.95. The molecule has 0 atom stereocenters. The Morgan fingerprint density at radius 2 is 2.00 bits per heavy atom. The molecule has 0 nitrogen and oxygen atoms in total. The lowest BCUT2D eigenvalue weighted by Gasteiger charge is -1.98. The van der Waals surface area contributed by atoms with E-state index < -0.39 is 0 Å². The fourth-order valence-corrected chi connectivity index (χ4v) is 1.43. The van der Waals surface area contributed by atoms with Gasteiger partial charge in [-0.3, -0.25) is 0 Å². The molecule has 0 heterocycles. The predicted octanol–water partition coefficient (Wildman–Crippen LogP) is 3.66. The predicted molar refractivity (Wildman–Crippen MR) is 50.6 cm³/mol. The van der Waals surface area contributed by atoms with Crippen molar-refractivity contribution in [3.63, 3.8) is 0 Å². The maximum atomic E-state index is 5.34. The summed E-state index contributed by atoms with van der Waals surface area (Å²) in [6.45, 7) is 5.34. The van der Waals surface area contributed by atoms with Crippen molar-refractivity contribution in [3.05, 3.63) is 39.3 Å². The van der Waals surface area contributed by atoms with Crippen molar-refractivity contribution in [1.29, 1.82) is 0 Å². The van der Waals surface area contributed by atoms with Crippen LogP contribution < -0.4 is 0 Å². The summed E-state index contributed by atoms with van der Waals surface area (Å²) >= 11 is 6.75. The highest BCUT2D eigenvalue weighted by Gasteiger charge is 1.97. The zero-order valence-electron chi connectivity index (χ0n) is 5.14. The second-order valence-electron chi connectivity index (χ2n) is 1.81. The number of benzene rings is 1. The van der Waals surface area contributed by atoms with Gasteiger partial charge in [0, 0.05) is 8.95 Å². The molecule has 1 rings (SSSR count). The van der Waals surface area contributed by atoms with E-state index in [-0.39, 0.29) is 0 Å². The molecule has 0 aromatic heterocycles. The van der Waals surface area contributed by atoms with Crippen LogP contribution in [0.1, 0.15) is 5.56 Å². The van der Waals surface area contributed by atoms with Gasteiger partial charge in [0.25, 0.3) is 0 Å². The van der Waals surface area contributed by atoms with E-state index >= 15 is 0 Å². The summed E-state index contributed by atoms with van der Waals surface area (Å²) in [5, 5.41) is 0. The zero-order valence-corrected chi connectivity index (χ0v) is 8.31. The van der Waals surface area contributed by atoms with Gasteiger partial charge in [0.15, 0.2) is 0 Å². The molecular formula is C8H5Br2. The molecule has 0 bridgehead atoms. The quantitative estimate of drug-likeness (QED) is 0.723. The van der Waals surface area contributed by atoms with Crippen molar-refractivity contribution in [3.8, 4) is 0 Å². The van der Waals surface area contributed by atoms with Crippen molar-refractivity contribution in [2.45, 2.75) is 0 Å². The standard InChI is InChI=1S/C8H5Br2/c1-2-6-4-3-5-7(9)8(6)10/h1-5H. The van der Waals surface area contributed by atoms with Crippen LogP contribution in [0.15, 0.2) is 27.1 Å². The average molecular weight is 261 g/mol. The van der Waals surface area contributed by atoms with E-state index in [9.17, 15) is 0 Å². The van der Waals surface area contributed by atoms with Crippen LogP contribution in [-0.2, 0) is 0 Å². The summed E-state index contributed by atoms with van der Waals surface area (Å²) in [5.74, 6) is 0. The first-order valence-corrected chi connectivity index (χ1v) is 4.33. The van der Waals surface area contributed by atoms with Crippen molar-refractivity contribution >= 4 is 37.9 Å². The van der Waals surface area contributed by atoms with Crippen LogP contribution in [0.2, 0.25) is 0 Å². The molecule has 1 radical (unpaired) electrons. The van der Waals surface area contributed by atoms with Crippen LogP contribution in [0.25, 0.3) is 6.08 Å². The van der Waals surface area contributed by atoms with E-state index in [4.69, 9.17) is 6.58 Å². The van der Waals surface area contributed by atoms with Gasteiger partial charge in [-0.15, -0.1) is 0 Å². The van der Waals surface area contributed by atoms with Crippen molar-refractivity contribution in [1.82, 2.24) is 0 Å². The molecule has 0 aliphatic rings. The molecule has 51 valence electrons. The maximum Gasteiger partial charge on any atom is 0.0389 e. The van der Waals surface area contributed by atoms with E-state index in [1.165, 1.54) is 0 Å². The van der Waals surface area contributed by atoms with E-state index in [0.717, 1.165) is 14.5 Å². The molecule has 0 amide bonds. The van der Waals surface area contributed by atoms with Gasteiger partial charge in [-0.1, -0.05) is 24.8 Å². The molecule has 1 aromatic rings. The summed E-state index contributed by atoms with van der Waals surface area (Å²) in [5.41, 5.74) is 0.995. The topological polar surface area (TPSA) is 0 Å². The van der Waals surface area contributed by atoms with Crippen molar-refractivity contribution in [2.75, 3.05) is 0 Å². The smallest absolute Gasteiger partial charge is 0.0389 e. The normalized spacial score (nSPS) is 9.40. The summed E-state index contributed by atoms with van der Waals surface area (Å²) in [4.78, 5) is 0. The van der Waals surface area contributed by atoms with Crippen LogP contribution in [0.5, 0.6) is 0 Å². The third kappa shape index (κ3) is 1.50. The highest BCUT2D eigenvalue weighted by Crippen LogP contribution is 2.26. The Bertz CT molecular complexity index is 253. The van der Waals surface area contributed by atoms with Gasteiger partial charge in [-0.2, -0.15) is 0 Å². The lowest BCUT2D eigenvalue weighted by atomic mass is 10.2. The second-order valence-corrected chi connectivity index (χ2v) is 3.46. The fraction of sp³-hybridized carbons (Fsp3) is 0. The number of hydrogen-bond donors (Lipinski definition) is 0. The molecule has 0 N–H and O–H groups in total. The fourth-order valence-electron chi connectivity index (χ4n) is 0.649.